The van der Waals surface area contributed by atoms with Crippen LogP contribution in [0.4, 0.5) is 0 Å². The van der Waals surface area contributed by atoms with Crippen LogP contribution in [0.15, 0.2) is 30.3 Å². The lowest BCUT2D eigenvalue weighted by Crippen LogP contribution is -2.58. The van der Waals surface area contributed by atoms with Gasteiger partial charge in [0.2, 0.25) is 17.7 Å². The van der Waals surface area contributed by atoms with Crippen LogP contribution in [0, 0.1) is 5.92 Å². The molecule has 4 unspecified atom stereocenters. The van der Waals surface area contributed by atoms with Crippen molar-refractivity contribution in [1.29, 1.82) is 0 Å². The molecule has 34 heavy (non-hydrogen) atoms. The Morgan fingerprint density at radius 2 is 1.47 bits per heavy atom. The van der Waals surface area contributed by atoms with Gasteiger partial charge in [0.1, 0.15) is 18.1 Å². The highest BCUT2D eigenvalue weighted by Crippen LogP contribution is 2.08. The second kappa shape index (κ2) is 14.2. The maximum atomic E-state index is 13.1. The van der Waals surface area contributed by atoms with Gasteiger partial charge in [0.15, 0.2) is 0 Å². The summed E-state index contributed by atoms with van der Waals surface area (Å²) in [5.41, 5.74) is 6.42. The molecule has 3 amide bonds. The summed E-state index contributed by atoms with van der Waals surface area (Å²) in [7, 11) is 0. The molecule has 1 aromatic carbocycles. The lowest BCUT2D eigenvalue weighted by molar-refractivity contribution is -0.144. The van der Waals surface area contributed by atoms with Crippen LogP contribution in [-0.2, 0) is 30.4 Å². The van der Waals surface area contributed by atoms with Crippen LogP contribution in [0.2, 0.25) is 0 Å². The standard InChI is InChI=1S/C22H32N4O7S/c1-12(2)18(22(32)33)26-20(30)15(8-9-17(27)28)24-21(31)16(25-19(29)14(23)11-34)10-13-6-4-3-5-7-13/h3-7,12,14-16,18,34H,8-11,23H2,1-2H3,(H,24,31)(H,25,29)(H,26,30)(H,27,28)(H,32,33). The van der Waals surface area contributed by atoms with Crippen molar-refractivity contribution in [2.75, 3.05) is 5.75 Å². The van der Waals surface area contributed by atoms with Gasteiger partial charge in [-0.3, -0.25) is 19.2 Å². The second-order valence-corrected chi connectivity index (χ2v) is 8.47. The number of carboxylic acids is 2. The number of nitrogens with two attached hydrogens (primary N) is 1. The Balaban J connectivity index is 3.11. The van der Waals surface area contributed by atoms with E-state index in [4.69, 9.17) is 10.8 Å². The number of aliphatic carboxylic acids is 2. The predicted molar refractivity (Wildman–Crippen MR) is 127 cm³/mol. The van der Waals surface area contributed by atoms with Gasteiger partial charge in [0, 0.05) is 18.6 Å². The average molecular weight is 497 g/mol. The molecule has 0 saturated carbocycles. The maximum absolute atomic E-state index is 13.1. The first kappa shape index (κ1) is 28.9. The molecule has 7 N–H and O–H groups in total. The topological polar surface area (TPSA) is 188 Å². The Hall–Kier alpha value is -3.12. The first-order valence-corrected chi connectivity index (χ1v) is 11.4. The molecule has 4 atom stereocenters. The fraction of sp³-hybridized carbons (Fsp3) is 0.500. The third-order valence-corrected chi connectivity index (χ3v) is 5.35. The number of hydrogen-bond donors (Lipinski definition) is 7. The molecule has 188 valence electrons. The Kier molecular flexibility index (Phi) is 12.1. The van der Waals surface area contributed by atoms with E-state index in [2.05, 4.69) is 28.6 Å². The molecule has 1 rings (SSSR count). The van der Waals surface area contributed by atoms with E-state index in [1.165, 1.54) is 0 Å². The van der Waals surface area contributed by atoms with Crippen LogP contribution in [0.5, 0.6) is 0 Å². The van der Waals surface area contributed by atoms with Gasteiger partial charge in [-0.15, -0.1) is 0 Å². The SMILES string of the molecule is CC(C)C(NC(=O)C(CCC(=O)O)NC(=O)C(Cc1ccccc1)NC(=O)C(N)CS)C(=O)O. The van der Waals surface area contributed by atoms with Gasteiger partial charge < -0.3 is 31.9 Å². The van der Waals surface area contributed by atoms with Crippen LogP contribution in [0.25, 0.3) is 0 Å². The molecule has 1 aromatic rings. The molecule has 0 aliphatic heterocycles. The summed E-state index contributed by atoms with van der Waals surface area (Å²) in [5.74, 6) is -5.08. The average Bonchev–Trinajstić information content (AvgIpc) is 2.78. The maximum Gasteiger partial charge on any atom is 0.326 e. The van der Waals surface area contributed by atoms with Crippen molar-refractivity contribution in [2.45, 2.75) is 57.3 Å². The van der Waals surface area contributed by atoms with Crippen LogP contribution in [0.1, 0.15) is 32.3 Å². The summed E-state index contributed by atoms with van der Waals surface area (Å²) in [4.78, 5) is 60.7. The van der Waals surface area contributed by atoms with Crippen molar-refractivity contribution < 1.29 is 34.2 Å². The molecule has 0 spiro atoms. The number of nitrogens with one attached hydrogen (secondary N) is 3. The molecule has 11 nitrogen and oxygen atoms in total. The molecule has 0 saturated heterocycles. The Bertz CT molecular complexity index is 866. The van der Waals surface area contributed by atoms with Gasteiger partial charge in [-0.05, 0) is 17.9 Å². The summed E-state index contributed by atoms with van der Waals surface area (Å²) in [6.07, 6.45) is -0.647. The number of benzene rings is 1. The number of hydrogen-bond acceptors (Lipinski definition) is 7. The zero-order valence-corrected chi connectivity index (χ0v) is 20.0. The van der Waals surface area contributed by atoms with E-state index in [0.29, 0.717) is 0 Å². The van der Waals surface area contributed by atoms with Crippen LogP contribution >= 0.6 is 12.6 Å². The van der Waals surface area contributed by atoms with E-state index in [0.717, 1.165) is 5.56 Å². The van der Waals surface area contributed by atoms with E-state index in [1.54, 1.807) is 44.2 Å². The molecule has 0 heterocycles. The molecule has 12 heteroatoms. The highest BCUT2D eigenvalue weighted by atomic mass is 32.1. The minimum absolute atomic E-state index is 0.0426. The fourth-order valence-electron chi connectivity index (χ4n) is 3.00. The highest BCUT2D eigenvalue weighted by Gasteiger charge is 2.31. The lowest BCUT2D eigenvalue weighted by Gasteiger charge is -2.26. The van der Waals surface area contributed by atoms with E-state index < -0.39 is 66.2 Å². The smallest absolute Gasteiger partial charge is 0.326 e. The van der Waals surface area contributed by atoms with Crippen molar-refractivity contribution >= 4 is 42.3 Å². The number of carbonyl (C=O) groups excluding carboxylic acids is 3. The minimum Gasteiger partial charge on any atom is -0.481 e. The van der Waals surface area contributed by atoms with Gasteiger partial charge in [-0.25, -0.2) is 4.79 Å². The zero-order valence-electron chi connectivity index (χ0n) is 19.1. The Labute approximate surface area is 203 Å². The normalized spacial score (nSPS) is 14.4. The lowest BCUT2D eigenvalue weighted by atomic mass is 10.0. The summed E-state index contributed by atoms with van der Waals surface area (Å²) < 4.78 is 0. The minimum atomic E-state index is -1.34. The predicted octanol–water partition coefficient (Wildman–Crippen LogP) is -0.454. The van der Waals surface area contributed by atoms with Gasteiger partial charge in [0.05, 0.1) is 6.04 Å². The molecule has 0 bridgehead atoms. The van der Waals surface area contributed by atoms with E-state index in [9.17, 15) is 29.1 Å². The molecule has 0 aromatic heterocycles. The molecular formula is C22H32N4O7S. The molecule has 0 radical (unpaired) electrons. The molecule has 0 aliphatic carbocycles. The van der Waals surface area contributed by atoms with Gasteiger partial charge in [-0.2, -0.15) is 12.6 Å². The Morgan fingerprint density at radius 1 is 0.912 bits per heavy atom. The van der Waals surface area contributed by atoms with Crippen LogP contribution in [0.3, 0.4) is 0 Å². The zero-order chi connectivity index (χ0) is 25.8. The molecular weight excluding hydrogens is 464 g/mol. The van der Waals surface area contributed by atoms with Gasteiger partial charge in [-0.1, -0.05) is 44.2 Å². The van der Waals surface area contributed by atoms with E-state index >= 15 is 0 Å². The number of carboxylic acid groups (broad SMARTS) is 2. The quantitative estimate of drug-likeness (QED) is 0.169. The first-order chi connectivity index (χ1) is 16.0. The highest BCUT2D eigenvalue weighted by molar-refractivity contribution is 7.80. The summed E-state index contributed by atoms with van der Waals surface area (Å²) in [6, 6.07) is 4.14. The van der Waals surface area contributed by atoms with Gasteiger partial charge >= 0.3 is 11.9 Å². The third-order valence-electron chi connectivity index (χ3n) is 4.96. The number of thiol groups is 1. The van der Waals surface area contributed by atoms with Crippen molar-refractivity contribution in [3.63, 3.8) is 0 Å². The van der Waals surface area contributed by atoms with Crippen molar-refractivity contribution in [2.24, 2.45) is 11.7 Å². The van der Waals surface area contributed by atoms with Gasteiger partial charge in [0.25, 0.3) is 0 Å². The van der Waals surface area contributed by atoms with Crippen molar-refractivity contribution in [3.05, 3.63) is 35.9 Å². The number of carbonyl (C=O) groups is 5. The summed E-state index contributed by atoms with van der Waals surface area (Å²) in [6.45, 7) is 3.19. The molecule has 0 aliphatic rings. The largest absolute Gasteiger partial charge is 0.481 e. The number of rotatable bonds is 14. The third kappa shape index (κ3) is 9.79. The first-order valence-electron chi connectivity index (χ1n) is 10.7. The van der Waals surface area contributed by atoms with E-state index in [-0.39, 0.29) is 18.6 Å². The summed E-state index contributed by atoms with van der Waals surface area (Å²) >= 11 is 3.98. The number of amides is 3. The fourth-order valence-corrected chi connectivity index (χ4v) is 3.16. The van der Waals surface area contributed by atoms with Crippen LogP contribution < -0.4 is 21.7 Å². The second-order valence-electron chi connectivity index (χ2n) is 8.10. The Morgan fingerprint density at radius 3 is 1.97 bits per heavy atom. The van der Waals surface area contributed by atoms with Crippen molar-refractivity contribution in [3.8, 4) is 0 Å². The van der Waals surface area contributed by atoms with Crippen LogP contribution in [-0.4, -0.2) is 69.8 Å². The molecule has 0 fully saturated rings. The van der Waals surface area contributed by atoms with E-state index in [1.807, 2.05) is 0 Å². The van der Waals surface area contributed by atoms with Crippen molar-refractivity contribution in [1.82, 2.24) is 16.0 Å². The summed E-state index contributed by atoms with van der Waals surface area (Å²) in [5, 5.41) is 25.7. The monoisotopic (exact) mass is 496 g/mol.